The van der Waals surface area contributed by atoms with Gasteiger partial charge in [0.1, 0.15) is 11.0 Å². The SMILES string of the molecule is CCN=C1S[C@@H](CC(=O)Nc2ccccc2OC)C(=O)N1CC. The Morgan fingerprint density at radius 1 is 1.39 bits per heavy atom. The van der Waals surface area contributed by atoms with Crippen LogP contribution in [0.15, 0.2) is 29.3 Å². The number of rotatable bonds is 6. The zero-order chi connectivity index (χ0) is 16.8. The van der Waals surface area contributed by atoms with Crippen LogP contribution in [0, 0.1) is 0 Å². The van der Waals surface area contributed by atoms with Crippen LogP contribution < -0.4 is 10.1 Å². The zero-order valence-electron chi connectivity index (χ0n) is 13.5. The number of carbonyl (C=O) groups is 2. The number of aliphatic imine (C=N–C) groups is 1. The van der Waals surface area contributed by atoms with E-state index < -0.39 is 5.25 Å². The first kappa shape index (κ1) is 17.3. The summed E-state index contributed by atoms with van der Waals surface area (Å²) >= 11 is 1.36. The Labute approximate surface area is 140 Å². The largest absolute Gasteiger partial charge is 0.495 e. The Morgan fingerprint density at radius 2 is 2.13 bits per heavy atom. The molecule has 7 heteroatoms. The third-order valence-corrected chi connectivity index (χ3v) is 4.59. The van der Waals surface area contributed by atoms with Gasteiger partial charge in [-0.3, -0.25) is 19.5 Å². The highest BCUT2D eigenvalue weighted by molar-refractivity contribution is 8.15. The predicted octanol–water partition coefficient (Wildman–Crippen LogP) is 2.36. The first-order chi connectivity index (χ1) is 11.1. The predicted molar refractivity (Wildman–Crippen MR) is 93.0 cm³/mol. The smallest absolute Gasteiger partial charge is 0.242 e. The van der Waals surface area contributed by atoms with Crippen molar-refractivity contribution >= 4 is 34.4 Å². The van der Waals surface area contributed by atoms with E-state index in [1.54, 1.807) is 24.1 Å². The van der Waals surface area contributed by atoms with E-state index in [4.69, 9.17) is 4.74 Å². The van der Waals surface area contributed by atoms with Gasteiger partial charge in [-0.15, -0.1) is 0 Å². The van der Waals surface area contributed by atoms with Crippen molar-refractivity contribution in [1.29, 1.82) is 0 Å². The van der Waals surface area contributed by atoms with Crippen molar-refractivity contribution in [2.75, 3.05) is 25.5 Å². The molecule has 23 heavy (non-hydrogen) atoms. The molecular weight excluding hydrogens is 314 g/mol. The number of para-hydroxylation sites is 2. The van der Waals surface area contributed by atoms with Crippen LogP contribution >= 0.6 is 11.8 Å². The van der Waals surface area contributed by atoms with Gasteiger partial charge in [0.05, 0.1) is 12.8 Å². The van der Waals surface area contributed by atoms with Crippen LogP contribution in [0.4, 0.5) is 5.69 Å². The van der Waals surface area contributed by atoms with Crippen molar-refractivity contribution in [2.45, 2.75) is 25.5 Å². The molecule has 1 aromatic rings. The minimum atomic E-state index is -0.421. The second-order valence-electron chi connectivity index (χ2n) is 4.90. The lowest BCUT2D eigenvalue weighted by atomic mass is 10.2. The first-order valence-electron chi connectivity index (χ1n) is 7.56. The van der Waals surface area contributed by atoms with Crippen molar-refractivity contribution in [3.8, 4) is 5.75 Å². The Morgan fingerprint density at radius 3 is 2.78 bits per heavy atom. The number of ether oxygens (including phenoxy) is 1. The molecule has 0 aliphatic carbocycles. The van der Waals surface area contributed by atoms with Gasteiger partial charge < -0.3 is 10.1 Å². The summed E-state index contributed by atoms with van der Waals surface area (Å²) in [6.07, 6.45) is 0.112. The van der Waals surface area contributed by atoms with Crippen LogP contribution in [0.2, 0.25) is 0 Å². The third kappa shape index (κ3) is 4.04. The van der Waals surface area contributed by atoms with Gasteiger partial charge in [-0.1, -0.05) is 23.9 Å². The van der Waals surface area contributed by atoms with Gasteiger partial charge in [0.25, 0.3) is 0 Å². The summed E-state index contributed by atoms with van der Waals surface area (Å²) in [6.45, 7) is 5.01. The van der Waals surface area contributed by atoms with Crippen LogP contribution in [0.5, 0.6) is 5.75 Å². The summed E-state index contributed by atoms with van der Waals surface area (Å²) in [5.74, 6) is 0.323. The van der Waals surface area contributed by atoms with Gasteiger partial charge in [-0.2, -0.15) is 0 Å². The van der Waals surface area contributed by atoms with Crippen LogP contribution in [0.25, 0.3) is 0 Å². The molecule has 0 radical (unpaired) electrons. The topological polar surface area (TPSA) is 71.0 Å². The average Bonchev–Trinajstić information content (AvgIpc) is 2.83. The van der Waals surface area contributed by atoms with E-state index in [9.17, 15) is 9.59 Å². The monoisotopic (exact) mass is 335 g/mol. The molecule has 1 heterocycles. The number of benzene rings is 1. The molecule has 1 atom stereocenters. The molecule has 1 aromatic carbocycles. The average molecular weight is 335 g/mol. The van der Waals surface area contributed by atoms with Crippen molar-refractivity contribution in [2.24, 2.45) is 4.99 Å². The maximum atomic E-state index is 12.4. The quantitative estimate of drug-likeness (QED) is 0.866. The molecule has 0 aromatic heterocycles. The molecule has 2 rings (SSSR count). The van der Waals surface area contributed by atoms with Gasteiger partial charge in [-0.25, -0.2) is 0 Å². The second-order valence-corrected chi connectivity index (χ2v) is 6.07. The number of amidine groups is 1. The molecule has 1 fully saturated rings. The number of thioether (sulfide) groups is 1. The number of methoxy groups -OCH3 is 1. The van der Waals surface area contributed by atoms with Gasteiger partial charge in [0.15, 0.2) is 5.17 Å². The van der Waals surface area contributed by atoms with E-state index in [0.717, 1.165) is 0 Å². The first-order valence-corrected chi connectivity index (χ1v) is 8.44. The molecular formula is C16H21N3O3S. The fourth-order valence-electron chi connectivity index (χ4n) is 2.30. The highest BCUT2D eigenvalue weighted by Crippen LogP contribution is 2.30. The Bertz CT molecular complexity index is 618. The van der Waals surface area contributed by atoms with Gasteiger partial charge in [-0.05, 0) is 26.0 Å². The van der Waals surface area contributed by atoms with Crippen molar-refractivity contribution in [1.82, 2.24) is 4.90 Å². The van der Waals surface area contributed by atoms with Crippen molar-refractivity contribution in [3.63, 3.8) is 0 Å². The van der Waals surface area contributed by atoms with Gasteiger partial charge >= 0.3 is 0 Å². The number of hydrogen-bond donors (Lipinski definition) is 1. The van der Waals surface area contributed by atoms with E-state index in [-0.39, 0.29) is 18.2 Å². The molecule has 0 spiro atoms. The Hall–Kier alpha value is -2.02. The zero-order valence-corrected chi connectivity index (χ0v) is 14.4. The summed E-state index contributed by atoms with van der Waals surface area (Å²) in [7, 11) is 1.55. The van der Waals surface area contributed by atoms with Crippen LogP contribution in [0.3, 0.4) is 0 Å². The van der Waals surface area contributed by atoms with Crippen LogP contribution in [-0.2, 0) is 9.59 Å². The summed E-state index contributed by atoms with van der Waals surface area (Å²) in [5, 5.41) is 3.08. The van der Waals surface area contributed by atoms with E-state index >= 15 is 0 Å². The fraction of sp³-hybridized carbons (Fsp3) is 0.438. The van der Waals surface area contributed by atoms with Gasteiger partial charge in [0.2, 0.25) is 11.8 Å². The van der Waals surface area contributed by atoms with Crippen molar-refractivity contribution < 1.29 is 14.3 Å². The summed E-state index contributed by atoms with van der Waals surface area (Å²) in [5.41, 5.74) is 0.602. The van der Waals surface area contributed by atoms with E-state index in [2.05, 4.69) is 10.3 Å². The number of hydrogen-bond acceptors (Lipinski definition) is 5. The third-order valence-electron chi connectivity index (χ3n) is 3.38. The van der Waals surface area contributed by atoms with E-state index in [0.29, 0.717) is 29.7 Å². The molecule has 0 saturated carbocycles. The van der Waals surface area contributed by atoms with Crippen LogP contribution in [0.1, 0.15) is 20.3 Å². The normalized spacial score (nSPS) is 19.3. The lowest BCUT2D eigenvalue weighted by Gasteiger charge is -2.13. The van der Waals surface area contributed by atoms with E-state index in [1.807, 2.05) is 26.0 Å². The summed E-state index contributed by atoms with van der Waals surface area (Å²) in [4.78, 5) is 30.6. The molecule has 1 saturated heterocycles. The highest BCUT2D eigenvalue weighted by Gasteiger charge is 2.38. The fourth-order valence-corrected chi connectivity index (χ4v) is 3.57. The second kappa shape index (κ2) is 8.01. The molecule has 124 valence electrons. The number of nitrogens with zero attached hydrogens (tertiary/aromatic N) is 2. The molecule has 1 aliphatic rings. The number of nitrogens with one attached hydrogen (secondary N) is 1. The maximum absolute atomic E-state index is 12.4. The summed E-state index contributed by atoms with van der Waals surface area (Å²) in [6, 6.07) is 7.19. The molecule has 2 amide bonds. The van der Waals surface area contributed by atoms with E-state index in [1.165, 1.54) is 11.8 Å². The van der Waals surface area contributed by atoms with Crippen LogP contribution in [-0.4, -0.2) is 47.3 Å². The minimum absolute atomic E-state index is 0.0557. The molecule has 1 N–H and O–H groups in total. The minimum Gasteiger partial charge on any atom is -0.495 e. The lowest BCUT2D eigenvalue weighted by Crippen LogP contribution is -2.33. The molecule has 1 aliphatic heterocycles. The molecule has 0 unspecified atom stereocenters. The maximum Gasteiger partial charge on any atom is 0.242 e. The summed E-state index contributed by atoms with van der Waals surface area (Å²) < 4.78 is 5.21. The standard InChI is InChI=1S/C16H21N3O3S/c1-4-17-16-19(5-2)15(21)13(23-16)10-14(20)18-11-8-6-7-9-12(11)22-3/h6-9,13H,4-5,10H2,1-3H3,(H,18,20)/t13-/m0/s1. The lowest BCUT2D eigenvalue weighted by molar-refractivity contribution is -0.128. The molecule has 0 bridgehead atoms. The van der Waals surface area contributed by atoms with Crippen molar-refractivity contribution in [3.05, 3.63) is 24.3 Å². The number of anilines is 1. The Kier molecular flexibility index (Phi) is 6.04. The highest BCUT2D eigenvalue weighted by atomic mass is 32.2. The number of carbonyl (C=O) groups excluding carboxylic acids is 2. The number of amides is 2. The van der Waals surface area contributed by atoms with Gasteiger partial charge in [0, 0.05) is 19.5 Å². The Balaban J connectivity index is 2.03. The molecule has 6 nitrogen and oxygen atoms in total.